The summed E-state index contributed by atoms with van der Waals surface area (Å²) in [6.45, 7) is 3.63. The van der Waals surface area contributed by atoms with E-state index in [0.717, 1.165) is 23.1 Å². The summed E-state index contributed by atoms with van der Waals surface area (Å²) in [7, 11) is -4.96. The summed E-state index contributed by atoms with van der Waals surface area (Å²) >= 11 is 0. The first-order valence-corrected chi connectivity index (χ1v) is 17.3. The van der Waals surface area contributed by atoms with Crippen molar-refractivity contribution in [1.29, 1.82) is 0 Å². The van der Waals surface area contributed by atoms with Gasteiger partial charge in [-0.2, -0.15) is 0 Å². The first kappa shape index (κ1) is 31.8. The molecule has 0 unspecified atom stereocenters. The molecule has 46 heavy (non-hydrogen) atoms. The van der Waals surface area contributed by atoms with E-state index in [1.54, 1.807) is 12.2 Å². The number of ketones is 2. The Kier molecular flexibility index (Phi) is 7.74. The summed E-state index contributed by atoms with van der Waals surface area (Å²) < 4.78 is 31.6. The average Bonchev–Trinajstić information content (AvgIpc) is 3.68. The number of carbonyl (C=O) groups excluding carboxylic acids is 2. The highest BCUT2D eigenvalue weighted by molar-refractivity contribution is 7.46. The van der Waals surface area contributed by atoms with Gasteiger partial charge in [0.25, 0.3) is 0 Å². The summed E-state index contributed by atoms with van der Waals surface area (Å²) in [5.74, 6) is -0.954. The van der Waals surface area contributed by atoms with Gasteiger partial charge in [0.05, 0.1) is 18.8 Å². The highest BCUT2D eigenvalue weighted by Gasteiger charge is 2.76. The Morgan fingerprint density at radius 1 is 1.20 bits per heavy atom. The zero-order valence-corrected chi connectivity index (χ0v) is 26.7. The van der Waals surface area contributed by atoms with Crippen molar-refractivity contribution in [2.24, 2.45) is 28.6 Å². The number of Topliss-reactive ketones (excluding diaryl/α,β-unsaturated/α-hetero) is 1. The highest BCUT2D eigenvalue weighted by atomic mass is 31.2. The molecular weight excluding hydrogens is 613 g/mol. The number of allylic oxidation sites excluding steroid dienone is 4. The maximum Gasteiger partial charge on any atom is 0.470 e. The van der Waals surface area contributed by atoms with Crippen molar-refractivity contribution in [3.8, 4) is 0 Å². The molecule has 0 radical (unpaired) electrons. The molecule has 2 aromatic rings. The maximum atomic E-state index is 14.2. The van der Waals surface area contributed by atoms with Crippen molar-refractivity contribution in [3.63, 3.8) is 0 Å². The van der Waals surface area contributed by atoms with Crippen molar-refractivity contribution in [1.82, 2.24) is 4.57 Å². The lowest BCUT2D eigenvalue weighted by atomic mass is 9.46. The molecule has 11 nitrogen and oxygen atoms in total. The number of rotatable bonds is 8. The van der Waals surface area contributed by atoms with Crippen LogP contribution in [0.1, 0.15) is 62.5 Å². The molecule has 12 heteroatoms. The molecule has 0 bridgehead atoms. The van der Waals surface area contributed by atoms with Gasteiger partial charge in [-0.1, -0.05) is 49.8 Å². The van der Waals surface area contributed by atoms with Crippen LogP contribution >= 0.6 is 7.82 Å². The Hall–Kier alpha value is -2.73. The minimum atomic E-state index is -4.96. The van der Waals surface area contributed by atoms with E-state index in [9.17, 15) is 34.2 Å². The minimum absolute atomic E-state index is 0.00635. The molecule has 5 aliphatic rings. The number of benzene rings is 1. The van der Waals surface area contributed by atoms with E-state index in [4.69, 9.17) is 14.0 Å². The van der Waals surface area contributed by atoms with E-state index in [1.807, 2.05) is 60.3 Å². The molecule has 0 amide bonds. The normalized spacial score (nSPS) is 38.1. The van der Waals surface area contributed by atoms with Crippen LogP contribution in [0, 0.1) is 28.6 Å². The molecular formula is C34H40NO10P. The second-order valence-electron chi connectivity index (χ2n) is 14.0. The Bertz CT molecular complexity index is 1680. The highest BCUT2D eigenvalue weighted by Crippen LogP contribution is 2.70. The number of phosphoric acid groups is 1. The monoisotopic (exact) mass is 653 g/mol. The molecule has 2 heterocycles. The van der Waals surface area contributed by atoms with Gasteiger partial charge in [-0.3, -0.25) is 14.1 Å². The number of ether oxygens (including phenoxy) is 2. The molecule has 4 N–H and O–H groups in total. The zero-order valence-electron chi connectivity index (χ0n) is 25.8. The van der Waals surface area contributed by atoms with Crippen LogP contribution in [-0.4, -0.2) is 60.5 Å². The number of phosphoric ester groups is 1. The predicted molar refractivity (Wildman–Crippen MR) is 164 cm³/mol. The third-order valence-corrected chi connectivity index (χ3v) is 12.1. The molecule has 4 aliphatic carbocycles. The fourth-order valence-electron chi connectivity index (χ4n) is 9.70. The van der Waals surface area contributed by atoms with Crippen molar-refractivity contribution in [2.75, 3.05) is 6.61 Å². The van der Waals surface area contributed by atoms with Crippen LogP contribution in [0.15, 0.2) is 66.5 Å². The Morgan fingerprint density at radius 2 is 1.98 bits per heavy atom. The van der Waals surface area contributed by atoms with E-state index in [2.05, 4.69) is 6.92 Å². The molecule has 3 saturated carbocycles. The van der Waals surface area contributed by atoms with Gasteiger partial charge in [0.1, 0.15) is 6.61 Å². The summed E-state index contributed by atoms with van der Waals surface area (Å²) in [5, 5.41) is 21.4. The molecule has 246 valence electrons. The lowest BCUT2D eigenvalue weighted by Gasteiger charge is -2.59. The Morgan fingerprint density at radius 3 is 2.74 bits per heavy atom. The zero-order chi connectivity index (χ0) is 32.6. The first-order valence-electron chi connectivity index (χ1n) is 15.8. The molecule has 1 aromatic carbocycles. The van der Waals surface area contributed by atoms with Crippen LogP contribution in [0.5, 0.6) is 0 Å². The van der Waals surface area contributed by atoms with E-state index in [-0.39, 0.29) is 36.6 Å². The Labute approximate surface area is 267 Å². The minimum Gasteiger partial charge on any atom is -0.393 e. The molecule has 7 rings (SSSR count). The maximum absolute atomic E-state index is 14.2. The van der Waals surface area contributed by atoms with E-state index < -0.39 is 55.1 Å². The molecule has 1 saturated heterocycles. The van der Waals surface area contributed by atoms with E-state index in [1.165, 1.54) is 0 Å². The van der Waals surface area contributed by atoms with Gasteiger partial charge in [0.15, 0.2) is 23.5 Å². The number of aromatic nitrogens is 1. The van der Waals surface area contributed by atoms with Crippen LogP contribution in [0.4, 0.5) is 0 Å². The second kappa shape index (κ2) is 11.2. The van der Waals surface area contributed by atoms with Crippen LogP contribution in [-0.2, 0) is 41.3 Å². The summed E-state index contributed by atoms with van der Waals surface area (Å²) in [5.41, 5.74) is 0.463. The van der Waals surface area contributed by atoms with Gasteiger partial charge in [0, 0.05) is 41.2 Å². The lowest BCUT2D eigenvalue weighted by Crippen LogP contribution is -2.63. The third-order valence-electron chi connectivity index (χ3n) is 11.6. The number of aliphatic hydroxyl groups excluding tert-OH is 2. The molecule has 0 spiro atoms. The number of fused-ring (bicyclic) bond motifs is 7. The van der Waals surface area contributed by atoms with Crippen LogP contribution in [0.2, 0.25) is 0 Å². The average molecular weight is 654 g/mol. The van der Waals surface area contributed by atoms with Gasteiger partial charge in [0.2, 0.25) is 0 Å². The van der Waals surface area contributed by atoms with Crippen molar-refractivity contribution in [3.05, 3.63) is 83.2 Å². The second-order valence-corrected chi connectivity index (χ2v) is 15.3. The van der Waals surface area contributed by atoms with Crippen LogP contribution < -0.4 is 0 Å². The first-order chi connectivity index (χ1) is 21.8. The number of hydrogen-bond donors (Lipinski definition) is 4. The van der Waals surface area contributed by atoms with Gasteiger partial charge in [-0.05, 0) is 66.9 Å². The van der Waals surface area contributed by atoms with Gasteiger partial charge >= 0.3 is 7.82 Å². The number of carbonyl (C=O) groups is 2. The van der Waals surface area contributed by atoms with Gasteiger partial charge in [-0.25, -0.2) is 4.57 Å². The standard InChI is InChI=1S/C34H40NO10P/c1-32-10-8-24(37)13-23(32)6-7-25-26-14-29-34(28(39)19-43-46(40,41)42,33(26,2)15-27(38)30(25)32)45-31(44-29)22-9-11-35(17-22)16-20-4-3-5-21(12-20)18-36/h3-5,8-13,17,25-27,29-31,36,38H,6-7,14-16,18-19H2,1-2H3,(H2,40,41,42)/t25-,26-,27-,29+,30+,31+,32-,33-,34+/m0/s1. The predicted octanol–water partition coefficient (Wildman–Crippen LogP) is 3.75. The van der Waals surface area contributed by atoms with E-state index >= 15 is 0 Å². The fraction of sp³-hybridized carbons (Fsp3) is 0.529. The molecule has 1 aromatic heterocycles. The molecule has 4 fully saturated rings. The van der Waals surface area contributed by atoms with Crippen LogP contribution in [0.25, 0.3) is 0 Å². The topological polar surface area (TPSA) is 165 Å². The number of nitrogens with zero attached hydrogens (tertiary/aromatic N) is 1. The Balaban J connectivity index is 1.21. The van der Waals surface area contributed by atoms with Crippen molar-refractivity contribution >= 4 is 19.4 Å². The van der Waals surface area contributed by atoms with Crippen molar-refractivity contribution < 1.29 is 48.2 Å². The van der Waals surface area contributed by atoms with Gasteiger partial charge < -0.3 is 34.0 Å². The van der Waals surface area contributed by atoms with Gasteiger partial charge in [-0.15, -0.1) is 0 Å². The van der Waals surface area contributed by atoms with Crippen LogP contribution in [0.3, 0.4) is 0 Å². The quantitative estimate of drug-likeness (QED) is 0.309. The fourth-order valence-corrected chi connectivity index (χ4v) is 9.99. The summed E-state index contributed by atoms with van der Waals surface area (Å²) in [6.07, 6.45) is 8.55. The smallest absolute Gasteiger partial charge is 0.393 e. The molecule has 9 atom stereocenters. The van der Waals surface area contributed by atoms with E-state index in [0.29, 0.717) is 24.9 Å². The largest absolute Gasteiger partial charge is 0.470 e. The SMILES string of the molecule is C[C@]12C=CC(=O)C=C1CC[C@@H]1[C@@H]2[C@@H](O)C[C@@]2(C)[C@H]1C[C@H]1O[C@@H](c3ccn(Cc4cccc(CO)c4)c3)O[C@]12C(=O)COP(=O)(O)O. The lowest BCUT2D eigenvalue weighted by molar-refractivity contribution is -0.200. The van der Waals surface area contributed by atoms with Crippen molar-refractivity contribution in [2.45, 2.75) is 76.8 Å². The molecule has 1 aliphatic heterocycles. The number of aliphatic hydroxyl groups is 2. The number of hydrogen-bond acceptors (Lipinski definition) is 8. The summed E-state index contributed by atoms with van der Waals surface area (Å²) in [6, 6.07) is 9.48. The summed E-state index contributed by atoms with van der Waals surface area (Å²) in [4.78, 5) is 45.3. The third kappa shape index (κ3) is 4.95.